The molecule has 0 aliphatic carbocycles. The van der Waals surface area contributed by atoms with Gasteiger partial charge < -0.3 is 14.6 Å². The number of hydrogen-bond donors (Lipinski definition) is 1. The van der Waals surface area contributed by atoms with E-state index in [0.29, 0.717) is 13.0 Å². The number of fused-ring (bicyclic) bond motifs is 1. The second-order valence-corrected chi connectivity index (χ2v) is 9.57. The molecule has 1 fully saturated rings. The van der Waals surface area contributed by atoms with Crippen molar-refractivity contribution in [1.82, 2.24) is 9.80 Å². The molecule has 1 saturated heterocycles. The molecule has 0 saturated carbocycles. The van der Waals surface area contributed by atoms with E-state index >= 15 is 0 Å². The number of piperidine rings is 1. The van der Waals surface area contributed by atoms with Crippen LogP contribution in [0.4, 0.5) is 5.69 Å². The predicted molar refractivity (Wildman–Crippen MR) is 131 cm³/mol. The van der Waals surface area contributed by atoms with Gasteiger partial charge in [0, 0.05) is 31.7 Å². The monoisotopic (exact) mass is 457 g/mol. The van der Waals surface area contributed by atoms with Crippen LogP contribution in [0.15, 0.2) is 71.3 Å². The molecule has 3 heterocycles. The number of rotatable bonds is 5. The first-order valence-electron chi connectivity index (χ1n) is 12.1. The first kappa shape index (κ1) is 22.4. The number of nitrogens with zero attached hydrogens (tertiary/aromatic N) is 2. The molecule has 2 aromatic carbocycles. The topological polar surface area (TPSA) is 65.8 Å². The van der Waals surface area contributed by atoms with Crippen molar-refractivity contribution >= 4 is 17.5 Å². The predicted octanol–water partition coefficient (Wildman–Crippen LogP) is 4.72. The fourth-order valence-corrected chi connectivity index (χ4v) is 5.12. The van der Waals surface area contributed by atoms with E-state index in [4.69, 9.17) is 4.42 Å². The zero-order valence-corrected chi connectivity index (χ0v) is 19.6. The molecule has 1 aromatic heterocycles. The van der Waals surface area contributed by atoms with Gasteiger partial charge in [0.2, 0.25) is 5.91 Å². The average Bonchev–Trinajstić information content (AvgIpc) is 3.39. The van der Waals surface area contributed by atoms with Gasteiger partial charge in [0.1, 0.15) is 6.04 Å². The highest BCUT2D eigenvalue weighted by atomic mass is 16.3. The van der Waals surface area contributed by atoms with Crippen molar-refractivity contribution in [2.45, 2.75) is 45.3 Å². The molecule has 34 heavy (non-hydrogen) atoms. The lowest BCUT2D eigenvalue weighted by Gasteiger charge is -2.35. The average molecular weight is 458 g/mol. The standard InChI is InChI=1S/C28H31N3O3/c1-20-6-4-14-30(17-20)18-21-10-12-24(13-11-21)29-27(32)25-16-22-7-2-3-8-23(22)19-31(25)28(33)26-9-5-15-34-26/h2-3,5,7-13,15,20,25H,4,6,14,16-19H2,1H3,(H,29,32). The maximum atomic E-state index is 13.4. The molecule has 2 amide bonds. The highest BCUT2D eigenvalue weighted by Crippen LogP contribution is 2.26. The highest BCUT2D eigenvalue weighted by molar-refractivity contribution is 6.00. The molecule has 2 aliphatic heterocycles. The van der Waals surface area contributed by atoms with Crippen LogP contribution in [0.3, 0.4) is 0 Å². The van der Waals surface area contributed by atoms with E-state index in [2.05, 4.69) is 29.3 Å². The highest BCUT2D eigenvalue weighted by Gasteiger charge is 2.36. The second kappa shape index (κ2) is 9.85. The molecule has 2 aliphatic rings. The Hall–Kier alpha value is -3.38. The molecule has 176 valence electrons. The summed E-state index contributed by atoms with van der Waals surface area (Å²) in [5.41, 5.74) is 4.14. The largest absolute Gasteiger partial charge is 0.459 e. The normalized spacial score (nSPS) is 20.6. The summed E-state index contributed by atoms with van der Waals surface area (Å²) in [6.45, 7) is 5.91. The van der Waals surface area contributed by atoms with Crippen molar-refractivity contribution in [3.63, 3.8) is 0 Å². The van der Waals surface area contributed by atoms with Crippen molar-refractivity contribution in [1.29, 1.82) is 0 Å². The number of carbonyl (C=O) groups excluding carboxylic acids is 2. The fraction of sp³-hybridized carbons (Fsp3) is 0.357. The Labute approximate surface area is 200 Å². The smallest absolute Gasteiger partial charge is 0.290 e. The van der Waals surface area contributed by atoms with Crippen molar-refractivity contribution in [2.24, 2.45) is 5.92 Å². The van der Waals surface area contributed by atoms with Crippen LogP contribution in [0.25, 0.3) is 0 Å². The zero-order valence-electron chi connectivity index (χ0n) is 19.6. The van der Waals surface area contributed by atoms with E-state index in [1.165, 1.54) is 24.7 Å². The van der Waals surface area contributed by atoms with Crippen LogP contribution < -0.4 is 5.32 Å². The second-order valence-electron chi connectivity index (χ2n) is 9.57. The van der Waals surface area contributed by atoms with E-state index in [0.717, 1.165) is 42.4 Å². The van der Waals surface area contributed by atoms with Gasteiger partial charge in [-0.3, -0.25) is 14.5 Å². The number of amides is 2. The third-order valence-electron chi connectivity index (χ3n) is 6.91. The Morgan fingerprint density at radius 3 is 2.56 bits per heavy atom. The lowest BCUT2D eigenvalue weighted by atomic mass is 9.93. The molecular weight excluding hydrogens is 426 g/mol. The van der Waals surface area contributed by atoms with Crippen molar-refractivity contribution < 1.29 is 14.0 Å². The quantitative estimate of drug-likeness (QED) is 0.602. The molecule has 5 rings (SSSR count). The number of furan rings is 1. The Morgan fingerprint density at radius 1 is 1.03 bits per heavy atom. The molecule has 1 N–H and O–H groups in total. The molecule has 2 unspecified atom stereocenters. The summed E-state index contributed by atoms with van der Waals surface area (Å²) in [6, 6.07) is 18.8. The molecular formula is C28H31N3O3. The van der Waals surface area contributed by atoms with Gasteiger partial charge in [-0.15, -0.1) is 0 Å². The Bertz CT molecular complexity index is 1140. The number of benzene rings is 2. The van der Waals surface area contributed by atoms with E-state index in [-0.39, 0.29) is 17.6 Å². The Balaban J connectivity index is 1.29. The van der Waals surface area contributed by atoms with Gasteiger partial charge in [0.25, 0.3) is 5.91 Å². The number of anilines is 1. The summed E-state index contributed by atoms with van der Waals surface area (Å²) in [5, 5.41) is 3.03. The minimum atomic E-state index is -0.609. The summed E-state index contributed by atoms with van der Waals surface area (Å²) < 4.78 is 5.34. The van der Waals surface area contributed by atoms with E-state index in [9.17, 15) is 9.59 Å². The summed E-state index contributed by atoms with van der Waals surface area (Å²) in [7, 11) is 0. The Kier molecular flexibility index (Phi) is 6.50. The molecule has 0 bridgehead atoms. The fourth-order valence-electron chi connectivity index (χ4n) is 5.12. The third-order valence-corrected chi connectivity index (χ3v) is 6.91. The van der Waals surface area contributed by atoms with Gasteiger partial charge in [0.05, 0.1) is 6.26 Å². The molecule has 0 spiro atoms. The Morgan fingerprint density at radius 2 is 1.82 bits per heavy atom. The lowest BCUT2D eigenvalue weighted by molar-refractivity contribution is -0.121. The number of hydrogen-bond acceptors (Lipinski definition) is 4. The van der Waals surface area contributed by atoms with Crippen LogP contribution >= 0.6 is 0 Å². The van der Waals surface area contributed by atoms with Crippen LogP contribution in [0.5, 0.6) is 0 Å². The van der Waals surface area contributed by atoms with Crippen LogP contribution in [-0.4, -0.2) is 40.7 Å². The molecule has 3 aromatic rings. The molecule has 6 nitrogen and oxygen atoms in total. The molecule has 2 atom stereocenters. The number of nitrogens with one attached hydrogen (secondary N) is 1. The number of likely N-dealkylation sites (tertiary alicyclic amines) is 1. The maximum Gasteiger partial charge on any atom is 0.290 e. The summed E-state index contributed by atoms with van der Waals surface area (Å²) in [5.74, 6) is 0.533. The van der Waals surface area contributed by atoms with Crippen molar-refractivity contribution in [3.8, 4) is 0 Å². The van der Waals surface area contributed by atoms with Crippen LogP contribution in [0.2, 0.25) is 0 Å². The van der Waals surface area contributed by atoms with Gasteiger partial charge in [0.15, 0.2) is 5.76 Å². The number of carbonyl (C=O) groups is 2. The molecule has 0 radical (unpaired) electrons. The molecule has 6 heteroatoms. The van der Waals surface area contributed by atoms with Crippen LogP contribution in [0.1, 0.15) is 47.0 Å². The van der Waals surface area contributed by atoms with Crippen molar-refractivity contribution in [3.05, 3.63) is 89.4 Å². The van der Waals surface area contributed by atoms with Gasteiger partial charge >= 0.3 is 0 Å². The first-order chi connectivity index (χ1) is 16.6. The van der Waals surface area contributed by atoms with Gasteiger partial charge in [-0.1, -0.05) is 43.3 Å². The first-order valence-corrected chi connectivity index (χ1v) is 12.1. The lowest BCUT2D eigenvalue weighted by Crippen LogP contribution is -2.50. The maximum absolute atomic E-state index is 13.4. The SMILES string of the molecule is CC1CCCN(Cc2ccc(NC(=O)C3Cc4ccccc4CN3C(=O)c3ccco3)cc2)C1. The van der Waals surface area contributed by atoms with Crippen LogP contribution in [0, 0.1) is 5.92 Å². The van der Waals surface area contributed by atoms with Gasteiger partial charge in [-0.25, -0.2) is 0 Å². The summed E-state index contributed by atoms with van der Waals surface area (Å²) in [6.07, 6.45) is 4.52. The minimum absolute atomic E-state index is 0.188. The van der Waals surface area contributed by atoms with E-state index in [1.807, 2.05) is 36.4 Å². The van der Waals surface area contributed by atoms with E-state index < -0.39 is 6.04 Å². The van der Waals surface area contributed by atoms with Gasteiger partial charge in [-0.2, -0.15) is 0 Å². The van der Waals surface area contributed by atoms with Gasteiger partial charge in [-0.05, 0) is 66.3 Å². The zero-order chi connectivity index (χ0) is 23.5. The van der Waals surface area contributed by atoms with Crippen molar-refractivity contribution in [2.75, 3.05) is 18.4 Å². The van der Waals surface area contributed by atoms with Crippen LogP contribution in [-0.2, 0) is 24.3 Å². The minimum Gasteiger partial charge on any atom is -0.459 e. The van der Waals surface area contributed by atoms with E-state index in [1.54, 1.807) is 17.0 Å². The summed E-state index contributed by atoms with van der Waals surface area (Å²) >= 11 is 0. The summed E-state index contributed by atoms with van der Waals surface area (Å²) in [4.78, 5) is 30.6. The third kappa shape index (κ3) is 4.92.